The zero-order valence-corrected chi connectivity index (χ0v) is 16.2. The maximum atomic E-state index is 12.2. The molecule has 5 rings (SSSR count). The van der Waals surface area contributed by atoms with Crippen LogP contribution in [0.3, 0.4) is 0 Å². The summed E-state index contributed by atoms with van der Waals surface area (Å²) in [5.74, 6) is 1.49. The van der Waals surface area contributed by atoms with E-state index in [1.54, 1.807) is 0 Å². The summed E-state index contributed by atoms with van der Waals surface area (Å²) in [6.45, 7) is 6.55. The van der Waals surface area contributed by atoms with Crippen LogP contribution in [0.5, 0.6) is 0 Å². The van der Waals surface area contributed by atoms with E-state index in [-0.39, 0.29) is 5.97 Å². The van der Waals surface area contributed by atoms with Crippen molar-refractivity contribution >= 4 is 16.7 Å². The first-order chi connectivity index (χ1) is 13.7. The van der Waals surface area contributed by atoms with Crippen LogP contribution in [-0.4, -0.2) is 33.5 Å². The van der Waals surface area contributed by atoms with Gasteiger partial charge in [0.25, 0.3) is 0 Å². The maximum Gasteiger partial charge on any atom is 0.339 e. The van der Waals surface area contributed by atoms with Crippen LogP contribution in [0, 0.1) is 0 Å². The maximum absolute atomic E-state index is 12.2. The van der Waals surface area contributed by atoms with E-state index in [0.29, 0.717) is 18.1 Å². The first-order valence-corrected chi connectivity index (χ1v) is 10.2. The zero-order chi connectivity index (χ0) is 19.1. The van der Waals surface area contributed by atoms with Gasteiger partial charge in [-0.25, -0.2) is 9.78 Å². The standard InChI is InChI=1S/C23H25N3O2/c1-2-26-12-10-24-22(26)17-5-4-11-25(14-17)13-16-8-9-18-15-28-23(27)20-7-3-6-19(16)21(18)20/h3,6-10,12,17H,2,4-5,11,13-15H2,1H3/t17-/m0/s1. The Morgan fingerprint density at radius 1 is 1.25 bits per heavy atom. The molecule has 0 radical (unpaired) electrons. The van der Waals surface area contributed by atoms with Crippen molar-refractivity contribution < 1.29 is 9.53 Å². The van der Waals surface area contributed by atoms with Gasteiger partial charge in [0.15, 0.2) is 0 Å². The number of benzene rings is 2. The van der Waals surface area contributed by atoms with E-state index in [0.717, 1.165) is 37.1 Å². The summed E-state index contributed by atoms with van der Waals surface area (Å²) in [4.78, 5) is 19.3. The first-order valence-electron chi connectivity index (χ1n) is 10.2. The van der Waals surface area contributed by atoms with Crippen LogP contribution in [-0.2, 0) is 24.4 Å². The molecule has 1 atom stereocenters. The lowest BCUT2D eigenvalue weighted by Gasteiger charge is -2.33. The Balaban J connectivity index is 1.44. The Morgan fingerprint density at radius 3 is 3.07 bits per heavy atom. The largest absolute Gasteiger partial charge is 0.457 e. The highest BCUT2D eigenvalue weighted by Crippen LogP contribution is 2.33. The molecule has 0 unspecified atom stereocenters. The molecule has 0 bridgehead atoms. The minimum atomic E-state index is -0.209. The molecule has 5 nitrogen and oxygen atoms in total. The number of nitrogens with zero attached hydrogens (tertiary/aromatic N) is 3. The Labute approximate surface area is 164 Å². The molecule has 2 aliphatic heterocycles. The summed E-state index contributed by atoms with van der Waals surface area (Å²) in [6, 6.07) is 10.3. The van der Waals surface area contributed by atoms with Crippen LogP contribution in [0.2, 0.25) is 0 Å². The minimum Gasteiger partial charge on any atom is -0.457 e. The van der Waals surface area contributed by atoms with Gasteiger partial charge in [0.1, 0.15) is 12.4 Å². The van der Waals surface area contributed by atoms with Crippen molar-refractivity contribution in [2.45, 2.75) is 45.4 Å². The molecule has 3 heterocycles. The van der Waals surface area contributed by atoms with Crippen molar-refractivity contribution in [3.8, 4) is 0 Å². The van der Waals surface area contributed by atoms with Crippen molar-refractivity contribution in [1.29, 1.82) is 0 Å². The summed E-state index contributed by atoms with van der Waals surface area (Å²) in [5, 5.41) is 2.26. The predicted octanol–water partition coefficient (Wildman–Crippen LogP) is 4.11. The molecule has 144 valence electrons. The van der Waals surface area contributed by atoms with Gasteiger partial charge in [-0.1, -0.05) is 24.3 Å². The van der Waals surface area contributed by atoms with E-state index in [4.69, 9.17) is 4.74 Å². The molecule has 2 aliphatic rings. The number of imidazole rings is 1. The molecule has 2 aromatic carbocycles. The topological polar surface area (TPSA) is 47.4 Å². The van der Waals surface area contributed by atoms with E-state index < -0.39 is 0 Å². The van der Waals surface area contributed by atoms with E-state index >= 15 is 0 Å². The Bertz CT molecular complexity index is 1040. The highest BCUT2D eigenvalue weighted by molar-refractivity contribution is 6.08. The number of carbonyl (C=O) groups excluding carboxylic acids is 1. The number of cyclic esters (lactones) is 1. The number of hydrogen-bond acceptors (Lipinski definition) is 4. The van der Waals surface area contributed by atoms with Crippen LogP contribution in [0.25, 0.3) is 10.8 Å². The number of carbonyl (C=O) groups is 1. The molecule has 0 saturated carbocycles. The molecule has 28 heavy (non-hydrogen) atoms. The molecular formula is C23H25N3O2. The number of rotatable bonds is 4. The number of hydrogen-bond donors (Lipinski definition) is 0. The third-order valence-electron chi connectivity index (χ3n) is 6.15. The van der Waals surface area contributed by atoms with Crippen molar-refractivity contribution in [3.63, 3.8) is 0 Å². The monoisotopic (exact) mass is 375 g/mol. The lowest BCUT2D eigenvalue weighted by Crippen LogP contribution is -2.35. The first kappa shape index (κ1) is 17.4. The van der Waals surface area contributed by atoms with E-state index in [2.05, 4.69) is 45.8 Å². The van der Waals surface area contributed by atoms with Crippen LogP contribution >= 0.6 is 0 Å². The summed E-state index contributed by atoms with van der Waals surface area (Å²) in [7, 11) is 0. The van der Waals surface area contributed by atoms with Gasteiger partial charge in [-0.15, -0.1) is 0 Å². The lowest BCUT2D eigenvalue weighted by molar-refractivity contribution is 0.0463. The normalized spacial score (nSPS) is 19.8. The molecule has 0 aliphatic carbocycles. The molecule has 0 amide bonds. The number of esters is 1. The Morgan fingerprint density at radius 2 is 2.18 bits per heavy atom. The van der Waals surface area contributed by atoms with Gasteiger partial charge in [-0.05, 0) is 48.9 Å². The highest BCUT2D eigenvalue weighted by atomic mass is 16.5. The average molecular weight is 375 g/mol. The quantitative estimate of drug-likeness (QED) is 0.644. The van der Waals surface area contributed by atoms with Crippen LogP contribution in [0.15, 0.2) is 42.7 Å². The van der Waals surface area contributed by atoms with Crippen LogP contribution in [0.1, 0.15) is 53.0 Å². The van der Waals surface area contributed by atoms with Crippen LogP contribution in [0.4, 0.5) is 0 Å². The average Bonchev–Trinajstić information content (AvgIpc) is 3.21. The van der Waals surface area contributed by atoms with Gasteiger partial charge < -0.3 is 9.30 Å². The summed E-state index contributed by atoms with van der Waals surface area (Å²) < 4.78 is 7.57. The van der Waals surface area contributed by atoms with Gasteiger partial charge in [-0.2, -0.15) is 0 Å². The molecule has 1 saturated heterocycles. The third kappa shape index (κ3) is 2.90. The molecule has 1 aromatic heterocycles. The van der Waals surface area contributed by atoms with Crippen molar-refractivity contribution in [2.24, 2.45) is 0 Å². The molecule has 0 spiro atoms. The zero-order valence-electron chi connectivity index (χ0n) is 16.2. The number of likely N-dealkylation sites (tertiary alicyclic amines) is 1. The Hall–Kier alpha value is -2.66. The van der Waals surface area contributed by atoms with E-state index in [1.807, 2.05) is 18.3 Å². The molecule has 0 N–H and O–H groups in total. The van der Waals surface area contributed by atoms with Gasteiger partial charge >= 0.3 is 5.97 Å². The number of aryl methyl sites for hydroxylation is 1. The summed E-state index contributed by atoms with van der Waals surface area (Å²) >= 11 is 0. The molecule has 5 heteroatoms. The summed E-state index contributed by atoms with van der Waals surface area (Å²) in [5.41, 5.74) is 3.09. The fourth-order valence-electron chi connectivity index (χ4n) is 4.79. The predicted molar refractivity (Wildman–Crippen MR) is 108 cm³/mol. The second kappa shape index (κ2) is 7.06. The van der Waals surface area contributed by atoms with Gasteiger partial charge in [0.05, 0.1) is 5.56 Å². The van der Waals surface area contributed by atoms with Crippen molar-refractivity contribution in [1.82, 2.24) is 14.5 Å². The SMILES string of the molecule is CCn1ccnc1[C@H]1CCCN(Cc2ccc3c4c(cccc24)C(=O)OC3)C1. The minimum absolute atomic E-state index is 0.209. The Kier molecular flexibility index (Phi) is 4.40. The highest BCUT2D eigenvalue weighted by Gasteiger charge is 2.26. The number of piperidine rings is 1. The second-order valence-electron chi connectivity index (χ2n) is 7.83. The van der Waals surface area contributed by atoms with Crippen molar-refractivity contribution in [2.75, 3.05) is 13.1 Å². The molecule has 3 aromatic rings. The smallest absolute Gasteiger partial charge is 0.339 e. The molecule has 1 fully saturated rings. The fraction of sp³-hybridized carbons (Fsp3) is 0.391. The number of ether oxygens (including phenoxy) is 1. The lowest BCUT2D eigenvalue weighted by atomic mass is 9.92. The van der Waals surface area contributed by atoms with Crippen LogP contribution < -0.4 is 0 Å². The second-order valence-corrected chi connectivity index (χ2v) is 7.83. The van der Waals surface area contributed by atoms with E-state index in [1.165, 1.54) is 29.6 Å². The van der Waals surface area contributed by atoms with Gasteiger partial charge in [-0.3, -0.25) is 4.90 Å². The fourth-order valence-corrected chi connectivity index (χ4v) is 4.79. The summed E-state index contributed by atoms with van der Waals surface area (Å²) in [6.07, 6.45) is 6.39. The van der Waals surface area contributed by atoms with Crippen molar-refractivity contribution in [3.05, 3.63) is 65.2 Å². The molecular weight excluding hydrogens is 350 g/mol. The third-order valence-corrected chi connectivity index (χ3v) is 6.15. The van der Waals surface area contributed by atoms with Gasteiger partial charge in [0.2, 0.25) is 0 Å². The number of aromatic nitrogens is 2. The van der Waals surface area contributed by atoms with Gasteiger partial charge in [0, 0.05) is 43.3 Å². The van der Waals surface area contributed by atoms with E-state index in [9.17, 15) is 4.79 Å².